The van der Waals surface area contributed by atoms with Crippen LogP contribution in [0.5, 0.6) is 0 Å². The SMILES string of the molecule is O=C(Cn1cc2ccccc2n1)N[C@H]1CCO[C@H](CO)[C@H]1O. The van der Waals surface area contributed by atoms with Crippen LogP contribution in [0.25, 0.3) is 10.9 Å². The quantitative estimate of drug-likeness (QED) is 0.718. The van der Waals surface area contributed by atoms with Crippen molar-refractivity contribution in [1.29, 1.82) is 0 Å². The molecule has 1 saturated heterocycles. The largest absolute Gasteiger partial charge is 0.394 e. The van der Waals surface area contributed by atoms with Crippen LogP contribution in [-0.2, 0) is 16.1 Å². The Morgan fingerprint density at radius 3 is 3.05 bits per heavy atom. The Balaban J connectivity index is 1.62. The molecule has 3 atom stereocenters. The summed E-state index contributed by atoms with van der Waals surface area (Å²) in [6, 6.07) is 7.22. The summed E-state index contributed by atoms with van der Waals surface area (Å²) in [4.78, 5) is 12.1. The number of nitrogens with zero attached hydrogens (tertiary/aromatic N) is 2. The Morgan fingerprint density at radius 1 is 1.45 bits per heavy atom. The van der Waals surface area contributed by atoms with Crippen LogP contribution in [-0.4, -0.2) is 57.4 Å². The number of aliphatic hydroxyl groups is 2. The Kier molecular flexibility index (Phi) is 4.37. The zero-order chi connectivity index (χ0) is 15.5. The molecule has 1 aromatic heterocycles. The van der Waals surface area contributed by atoms with Gasteiger partial charge in [-0.05, 0) is 12.5 Å². The highest BCUT2D eigenvalue weighted by atomic mass is 16.5. The predicted octanol–water partition coefficient (Wildman–Crippen LogP) is -0.337. The van der Waals surface area contributed by atoms with Gasteiger partial charge in [-0.1, -0.05) is 18.2 Å². The van der Waals surface area contributed by atoms with E-state index in [4.69, 9.17) is 9.84 Å². The molecule has 1 aliphatic heterocycles. The summed E-state index contributed by atoms with van der Waals surface area (Å²) in [5, 5.41) is 27.2. The van der Waals surface area contributed by atoms with Crippen LogP contribution in [0.4, 0.5) is 0 Å². The third kappa shape index (κ3) is 3.11. The lowest BCUT2D eigenvalue weighted by Gasteiger charge is -2.34. The number of amides is 1. The average molecular weight is 305 g/mol. The van der Waals surface area contributed by atoms with Gasteiger partial charge < -0.3 is 20.3 Å². The van der Waals surface area contributed by atoms with Crippen LogP contribution in [0.2, 0.25) is 0 Å². The molecule has 3 rings (SSSR count). The molecule has 22 heavy (non-hydrogen) atoms. The van der Waals surface area contributed by atoms with Crippen LogP contribution in [0, 0.1) is 0 Å². The van der Waals surface area contributed by atoms with E-state index < -0.39 is 18.2 Å². The summed E-state index contributed by atoms with van der Waals surface area (Å²) >= 11 is 0. The van der Waals surface area contributed by atoms with Gasteiger partial charge in [0.1, 0.15) is 18.8 Å². The van der Waals surface area contributed by atoms with E-state index in [1.165, 1.54) is 0 Å². The molecule has 0 aliphatic carbocycles. The molecule has 0 radical (unpaired) electrons. The molecule has 0 spiro atoms. The monoisotopic (exact) mass is 305 g/mol. The number of nitrogens with one attached hydrogen (secondary N) is 1. The molecular formula is C15H19N3O4. The molecule has 1 aliphatic rings. The fourth-order valence-electron chi connectivity index (χ4n) is 2.69. The zero-order valence-corrected chi connectivity index (χ0v) is 12.1. The number of carbonyl (C=O) groups is 1. The topological polar surface area (TPSA) is 96.6 Å². The minimum absolute atomic E-state index is 0.0859. The highest BCUT2D eigenvalue weighted by Crippen LogP contribution is 2.15. The first kappa shape index (κ1) is 15.0. The molecule has 7 heteroatoms. The van der Waals surface area contributed by atoms with Gasteiger partial charge in [-0.25, -0.2) is 0 Å². The van der Waals surface area contributed by atoms with Crippen LogP contribution < -0.4 is 5.32 Å². The standard InChI is InChI=1S/C15H19N3O4/c19-9-13-15(21)12(5-6-22-13)16-14(20)8-18-7-10-3-1-2-4-11(10)17-18/h1-4,7,12-13,15,19,21H,5-6,8-9H2,(H,16,20)/t12-,13+,15-/m0/s1. The maximum atomic E-state index is 12.1. The van der Waals surface area contributed by atoms with Gasteiger partial charge in [0.2, 0.25) is 5.91 Å². The van der Waals surface area contributed by atoms with Crippen molar-refractivity contribution in [3.63, 3.8) is 0 Å². The first-order valence-electron chi connectivity index (χ1n) is 7.29. The third-order valence-electron chi connectivity index (χ3n) is 3.85. The molecule has 1 amide bonds. The van der Waals surface area contributed by atoms with E-state index in [9.17, 15) is 9.90 Å². The van der Waals surface area contributed by atoms with Gasteiger partial charge in [0.25, 0.3) is 0 Å². The number of hydrogen-bond acceptors (Lipinski definition) is 5. The van der Waals surface area contributed by atoms with Crippen LogP contribution >= 0.6 is 0 Å². The van der Waals surface area contributed by atoms with Gasteiger partial charge in [-0.2, -0.15) is 5.10 Å². The van der Waals surface area contributed by atoms with Gasteiger partial charge in [0, 0.05) is 18.2 Å². The van der Waals surface area contributed by atoms with Crippen molar-refractivity contribution in [2.24, 2.45) is 0 Å². The first-order chi connectivity index (χ1) is 10.7. The Morgan fingerprint density at radius 2 is 2.27 bits per heavy atom. The van der Waals surface area contributed by atoms with Crippen molar-refractivity contribution >= 4 is 16.8 Å². The summed E-state index contributed by atoms with van der Waals surface area (Å²) < 4.78 is 6.82. The minimum Gasteiger partial charge on any atom is -0.394 e. The minimum atomic E-state index is -0.903. The summed E-state index contributed by atoms with van der Waals surface area (Å²) in [7, 11) is 0. The molecule has 3 N–H and O–H groups in total. The number of fused-ring (bicyclic) bond motifs is 1. The second-order valence-electron chi connectivity index (χ2n) is 5.43. The Labute approximate surface area is 127 Å². The van der Waals surface area contributed by atoms with Crippen molar-refractivity contribution < 1.29 is 19.7 Å². The normalized spacial score (nSPS) is 25.3. The van der Waals surface area contributed by atoms with Gasteiger partial charge in [0.05, 0.1) is 18.2 Å². The van der Waals surface area contributed by atoms with Gasteiger partial charge >= 0.3 is 0 Å². The lowest BCUT2D eigenvalue weighted by atomic mass is 10.00. The molecule has 1 aromatic carbocycles. The summed E-state index contributed by atoms with van der Waals surface area (Å²) in [6.07, 6.45) is 0.779. The lowest BCUT2D eigenvalue weighted by molar-refractivity contribution is -0.132. The lowest BCUT2D eigenvalue weighted by Crippen LogP contribution is -2.54. The van der Waals surface area contributed by atoms with Crippen molar-refractivity contribution in [3.8, 4) is 0 Å². The van der Waals surface area contributed by atoms with Crippen LogP contribution in [0.3, 0.4) is 0 Å². The van der Waals surface area contributed by atoms with Gasteiger partial charge in [-0.15, -0.1) is 0 Å². The van der Waals surface area contributed by atoms with Crippen molar-refractivity contribution in [2.45, 2.75) is 31.2 Å². The zero-order valence-electron chi connectivity index (χ0n) is 12.1. The van der Waals surface area contributed by atoms with Gasteiger partial charge in [0.15, 0.2) is 0 Å². The highest BCUT2D eigenvalue weighted by Gasteiger charge is 2.33. The van der Waals surface area contributed by atoms with Crippen molar-refractivity contribution in [3.05, 3.63) is 30.5 Å². The average Bonchev–Trinajstić information content (AvgIpc) is 2.91. The molecular weight excluding hydrogens is 286 g/mol. The smallest absolute Gasteiger partial charge is 0.242 e. The van der Waals surface area contributed by atoms with Crippen molar-refractivity contribution in [2.75, 3.05) is 13.2 Å². The Hall–Kier alpha value is -1.96. The third-order valence-corrected chi connectivity index (χ3v) is 3.85. The molecule has 2 heterocycles. The van der Waals surface area contributed by atoms with E-state index in [0.717, 1.165) is 10.9 Å². The van der Waals surface area contributed by atoms with Gasteiger partial charge in [-0.3, -0.25) is 9.48 Å². The molecule has 0 saturated carbocycles. The van der Waals surface area contributed by atoms with E-state index in [0.29, 0.717) is 13.0 Å². The molecule has 118 valence electrons. The predicted molar refractivity (Wildman–Crippen MR) is 79.1 cm³/mol. The van der Waals surface area contributed by atoms with E-state index >= 15 is 0 Å². The number of aromatic nitrogens is 2. The number of carbonyl (C=O) groups excluding carboxylic acids is 1. The molecule has 1 fully saturated rings. The highest BCUT2D eigenvalue weighted by molar-refractivity contribution is 5.79. The second-order valence-corrected chi connectivity index (χ2v) is 5.43. The van der Waals surface area contributed by atoms with Crippen molar-refractivity contribution in [1.82, 2.24) is 15.1 Å². The maximum absolute atomic E-state index is 12.1. The summed E-state index contributed by atoms with van der Waals surface area (Å²) in [5.41, 5.74) is 0.835. The number of ether oxygens (including phenoxy) is 1. The molecule has 0 unspecified atom stereocenters. The fraction of sp³-hybridized carbons (Fsp3) is 0.467. The Bertz CT molecular complexity index is 624. The van der Waals surface area contributed by atoms with Crippen LogP contribution in [0.1, 0.15) is 6.42 Å². The van der Waals surface area contributed by atoms with E-state index in [1.54, 1.807) is 4.68 Å². The molecule has 0 bridgehead atoms. The summed E-state index contributed by atoms with van der Waals surface area (Å²) in [5.74, 6) is -0.226. The maximum Gasteiger partial charge on any atom is 0.242 e. The van der Waals surface area contributed by atoms with E-state index in [1.807, 2.05) is 30.5 Å². The fourth-order valence-corrected chi connectivity index (χ4v) is 2.69. The number of benzene rings is 1. The van der Waals surface area contributed by atoms with E-state index in [-0.39, 0.29) is 19.1 Å². The first-order valence-corrected chi connectivity index (χ1v) is 7.29. The number of hydrogen-bond donors (Lipinski definition) is 3. The number of aliphatic hydroxyl groups excluding tert-OH is 2. The molecule has 7 nitrogen and oxygen atoms in total. The summed E-state index contributed by atoms with van der Waals surface area (Å²) in [6.45, 7) is 0.222. The van der Waals surface area contributed by atoms with E-state index in [2.05, 4.69) is 10.4 Å². The van der Waals surface area contributed by atoms with Crippen LogP contribution in [0.15, 0.2) is 30.5 Å². The number of rotatable bonds is 4. The molecule has 2 aromatic rings. The second kappa shape index (κ2) is 6.43.